The van der Waals surface area contributed by atoms with Crippen LogP contribution in [0.3, 0.4) is 0 Å². The molecule has 2 amide bonds. The number of benzene rings is 1. The van der Waals surface area contributed by atoms with E-state index in [0.717, 1.165) is 42.1 Å². The molecule has 2 heterocycles. The third-order valence-electron chi connectivity index (χ3n) is 8.99. The van der Waals surface area contributed by atoms with Crippen LogP contribution in [0.4, 0.5) is 0 Å². The van der Waals surface area contributed by atoms with Crippen molar-refractivity contribution in [3.05, 3.63) is 47.4 Å². The number of aryl methyl sites for hydroxylation is 1. The standard InChI is InChI=1S/C30H38N2O5/c1-19(2)32(29(34)30-12-22-8-23(13-30)10-24(9-22)14-30)17-28(33)31(16-25-6-4-20(3)37-25)15-21-5-7-26-27(11-21)36-18-35-26/h4-7,11,19,22-24H,8-10,12-18H2,1-3H3. The van der Waals surface area contributed by atoms with Crippen LogP contribution >= 0.6 is 0 Å². The highest BCUT2D eigenvalue weighted by atomic mass is 16.7. The minimum atomic E-state index is -0.264. The lowest BCUT2D eigenvalue weighted by molar-refractivity contribution is -0.162. The van der Waals surface area contributed by atoms with Crippen molar-refractivity contribution in [2.75, 3.05) is 13.3 Å². The molecule has 0 radical (unpaired) electrons. The smallest absolute Gasteiger partial charge is 0.242 e. The number of amides is 2. The third-order valence-corrected chi connectivity index (χ3v) is 8.99. The van der Waals surface area contributed by atoms with Gasteiger partial charge in [0, 0.05) is 12.6 Å². The van der Waals surface area contributed by atoms with Crippen LogP contribution in [-0.4, -0.2) is 41.0 Å². The average molecular weight is 507 g/mol. The first kappa shape index (κ1) is 24.4. The Hall–Kier alpha value is -2.96. The maximum Gasteiger partial charge on any atom is 0.242 e. The molecule has 7 heteroatoms. The third kappa shape index (κ3) is 4.73. The van der Waals surface area contributed by atoms with Crippen LogP contribution in [0.1, 0.15) is 69.5 Å². The number of hydrogen-bond donors (Lipinski definition) is 0. The Morgan fingerprint density at radius 2 is 1.62 bits per heavy atom. The molecule has 1 aliphatic heterocycles. The van der Waals surface area contributed by atoms with Crippen LogP contribution in [0.2, 0.25) is 0 Å². The fraction of sp³-hybridized carbons (Fsp3) is 0.600. The second-order valence-corrected chi connectivity index (χ2v) is 12.2. The minimum absolute atomic E-state index is 0.0392. The molecule has 0 unspecified atom stereocenters. The molecule has 0 spiro atoms. The van der Waals surface area contributed by atoms with Gasteiger partial charge in [0.25, 0.3) is 0 Å². The van der Waals surface area contributed by atoms with Gasteiger partial charge in [-0.15, -0.1) is 0 Å². The van der Waals surface area contributed by atoms with Gasteiger partial charge in [-0.05, 0) is 107 Å². The molecule has 2 aromatic rings. The number of ether oxygens (including phenoxy) is 2. The fourth-order valence-electron chi connectivity index (χ4n) is 7.66. The minimum Gasteiger partial charge on any atom is -0.464 e. The molecule has 37 heavy (non-hydrogen) atoms. The highest BCUT2D eigenvalue weighted by Crippen LogP contribution is 2.60. The van der Waals surface area contributed by atoms with Crippen molar-refractivity contribution in [1.29, 1.82) is 0 Å². The quantitative estimate of drug-likeness (QED) is 0.486. The average Bonchev–Trinajstić information content (AvgIpc) is 3.48. The van der Waals surface area contributed by atoms with Crippen molar-refractivity contribution in [2.45, 2.75) is 78.4 Å². The predicted octanol–water partition coefficient (Wildman–Crippen LogP) is 5.30. The molecule has 4 aliphatic carbocycles. The molecular weight excluding hydrogens is 468 g/mol. The summed E-state index contributed by atoms with van der Waals surface area (Å²) >= 11 is 0. The molecule has 1 aromatic heterocycles. The summed E-state index contributed by atoms with van der Waals surface area (Å²) in [7, 11) is 0. The molecule has 0 atom stereocenters. The van der Waals surface area contributed by atoms with E-state index in [1.54, 1.807) is 4.90 Å². The van der Waals surface area contributed by atoms with Crippen LogP contribution in [0.5, 0.6) is 11.5 Å². The van der Waals surface area contributed by atoms with E-state index in [4.69, 9.17) is 13.9 Å². The van der Waals surface area contributed by atoms with E-state index < -0.39 is 0 Å². The Labute approximate surface area is 219 Å². The predicted molar refractivity (Wildman–Crippen MR) is 138 cm³/mol. The summed E-state index contributed by atoms with van der Waals surface area (Å²) in [5, 5.41) is 0. The molecular formula is C30H38N2O5. The maximum absolute atomic E-state index is 14.2. The van der Waals surface area contributed by atoms with Gasteiger partial charge in [0.05, 0.1) is 12.0 Å². The van der Waals surface area contributed by atoms with E-state index in [9.17, 15) is 9.59 Å². The van der Waals surface area contributed by atoms with E-state index in [-0.39, 0.29) is 36.6 Å². The van der Waals surface area contributed by atoms with Crippen molar-refractivity contribution in [3.63, 3.8) is 0 Å². The summed E-state index contributed by atoms with van der Waals surface area (Å²) in [5.41, 5.74) is 0.684. The summed E-state index contributed by atoms with van der Waals surface area (Å²) in [6.45, 7) is 7.00. The van der Waals surface area contributed by atoms with Crippen LogP contribution in [-0.2, 0) is 22.7 Å². The summed E-state index contributed by atoms with van der Waals surface area (Å²) in [6.07, 6.45) is 6.88. The molecule has 4 fully saturated rings. The lowest BCUT2D eigenvalue weighted by Crippen LogP contribution is -2.57. The summed E-state index contributed by atoms with van der Waals surface area (Å²) in [4.78, 5) is 31.7. The monoisotopic (exact) mass is 506 g/mol. The zero-order valence-electron chi connectivity index (χ0n) is 22.2. The van der Waals surface area contributed by atoms with Gasteiger partial charge in [0.1, 0.15) is 18.1 Å². The Morgan fingerprint density at radius 3 is 2.24 bits per heavy atom. The molecule has 7 rings (SSSR count). The molecule has 4 bridgehead atoms. The van der Waals surface area contributed by atoms with Gasteiger partial charge in [0.15, 0.2) is 11.5 Å². The van der Waals surface area contributed by atoms with Crippen LogP contribution < -0.4 is 9.47 Å². The lowest BCUT2D eigenvalue weighted by Gasteiger charge is -2.57. The highest BCUT2D eigenvalue weighted by molar-refractivity contribution is 5.88. The van der Waals surface area contributed by atoms with Gasteiger partial charge >= 0.3 is 0 Å². The molecule has 1 aromatic carbocycles. The van der Waals surface area contributed by atoms with Gasteiger partial charge < -0.3 is 23.7 Å². The van der Waals surface area contributed by atoms with Gasteiger partial charge in [-0.3, -0.25) is 9.59 Å². The van der Waals surface area contributed by atoms with Crippen LogP contribution in [0.25, 0.3) is 0 Å². The number of carbonyl (C=O) groups excluding carboxylic acids is 2. The number of nitrogens with zero attached hydrogens (tertiary/aromatic N) is 2. The Morgan fingerprint density at radius 1 is 0.946 bits per heavy atom. The normalized spacial score (nSPS) is 27.1. The van der Waals surface area contributed by atoms with E-state index >= 15 is 0 Å². The van der Waals surface area contributed by atoms with Gasteiger partial charge in [-0.2, -0.15) is 0 Å². The summed E-state index contributed by atoms with van der Waals surface area (Å²) in [6, 6.07) is 9.56. The topological polar surface area (TPSA) is 72.2 Å². The first-order chi connectivity index (χ1) is 17.8. The molecule has 7 nitrogen and oxygen atoms in total. The number of carbonyl (C=O) groups is 2. The van der Waals surface area contributed by atoms with E-state index in [2.05, 4.69) is 0 Å². The van der Waals surface area contributed by atoms with E-state index in [1.165, 1.54) is 19.3 Å². The second kappa shape index (κ2) is 9.41. The molecule has 0 N–H and O–H groups in total. The van der Waals surface area contributed by atoms with Gasteiger partial charge in [0.2, 0.25) is 18.6 Å². The zero-order chi connectivity index (χ0) is 25.7. The van der Waals surface area contributed by atoms with Crippen LogP contribution in [0.15, 0.2) is 34.7 Å². The van der Waals surface area contributed by atoms with E-state index in [0.29, 0.717) is 36.6 Å². The molecule has 5 aliphatic rings. The Bertz CT molecular complexity index is 1150. The molecule has 4 saturated carbocycles. The highest BCUT2D eigenvalue weighted by Gasteiger charge is 2.56. The number of hydrogen-bond acceptors (Lipinski definition) is 5. The van der Waals surface area contributed by atoms with Crippen molar-refractivity contribution >= 4 is 11.8 Å². The molecule has 198 valence electrons. The van der Waals surface area contributed by atoms with Crippen molar-refractivity contribution in [2.24, 2.45) is 23.2 Å². The first-order valence-corrected chi connectivity index (χ1v) is 13.8. The number of rotatable bonds is 8. The second-order valence-electron chi connectivity index (χ2n) is 12.2. The van der Waals surface area contributed by atoms with Gasteiger partial charge in [-0.25, -0.2) is 0 Å². The zero-order valence-corrected chi connectivity index (χ0v) is 22.2. The SMILES string of the molecule is Cc1ccc(CN(Cc2ccc3c(c2)OCO3)C(=O)CN(C(=O)C23CC4CC(CC(C4)C2)C3)C(C)C)o1. The van der Waals surface area contributed by atoms with Crippen molar-refractivity contribution in [3.8, 4) is 11.5 Å². The Balaban J connectivity index is 1.22. The maximum atomic E-state index is 14.2. The largest absolute Gasteiger partial charge is 0.464 e. The van der Waals surface area contributed by atoms with Gasteiger partial charge in [-0.1, -0.05) is 6.07 Å². The number of fused-ring (bicyclic) bond motifs is 1. The fourth-order valence-corrected chi connectivity index (χ4v) is 7.66. The number of furan rings is 1. The van der Waals surface area contributed by atoms with Crippen LogP contribution in [0, 0.1) is 30.1 Å². The van der Waals surface area contributed by atoms with E-state index in [1.807, 2.05) is 56.0 Å². The molecule has 0 saturated heterocycles. The van der Waals surface area contributed by atoms with Crippen molar-refractivity contribution < 1.29 is 23.5 Å². The lowest BCUT2D eigenvalue weighted by atomic mass is 9.49. The Kier molecular flexibility index (Phi) is 6.20. The summed E-state index contributed by atoms with van der Waals surface area (Å²) in [5.74, 6) is 5.14. The van der Waals surface area contributed by atoms with Crippen molar-refractivity contribution in [1.82, 2.24) is 9.80 Å². The first-order valence-electron chi connectivity index (χ1n) is 13.8. The summed E-state index contributed by atoms with van der Waals surface area (Å²) < 4.78 is 16.8.